The molecule has 0 aliphatic carbocycles. The molecule has 2 atom stereocenters. The van der Waals surface area contributed by atoms with Crippen LogP contribution >= 0.6 is 11.8 Å². The SMILES string of the molecule is CSCC[C@@H](NC(=O)NC(C)c1ccccc1C)C(=O)O. The molecule has 0 spiro atoms. The van der Waals surface area contributed by atoms with Crippen molar-refractivity contribution in [1.29, 1.82) is 0 Å². The largest absolute Gasteiger partial charge is 0.480 e. The van der Waals surface area contributed by atoms with E-state index in [9.17, 15) is 9.59 Å². The van der Waals surface area contributed by atoms with Crippen LogP contribution in [0.1, 0.15) is 30.5 Å². The standard InChI is InChI=1S/C15H22N2O3S/c1-10-6-4-5-7-12(10)11(2)16-15(20)17-13(14(18)19)8-9-21-3/h4-7,11,13H,8-9H2,1-3H3,(H,18,19)(H2,16,17,20)/t11?,13-/m1/s1. The highest BCUT2D eigenvalue weighted by Crippen LogP contribution is 2.16. The lowest BCUT2D eigenvalue weighted by molar-refractivity contribution is -0.139. The first-order chi connectivity index (χ1) is 9.95. The molecule has 21 heavy (non-hydrogen) atoms. The van der Waals surface area contributed by atoms with E-state index in [1.807, 2.05) is 44.4 Å². The molecule has 2 amide bonds. The summed E-state index contributed by atoms with van der Waals surface area (Å²) in [4.78, 5) is 23.0. The lowest BCUT2D eigenvalue weighted by Gasteiger charge is -2.19. The second kappa shape index (κ2) is 8.56. The van der Waals surface area contributed by atoms with Gasteiger partial charge >= 0.3 is 12.0 Å². The Balaban J connectivity index is 2.59. The molecule has 0 fully saturated rings. The fourth-order valence-corrected chi connectivity index (χ4v) is 2.51. The number of rotatable bonds is 7. The quantitative estimate of drug-likeness (QED) is 0.723. The highest BCUT2D eigenvalue weighted by Gasteiger charge is 2.20. The molecule has 3 N–H and O–H groups in total. The van der Waals surface area contributed by atoms with Crippen LogP contribution in [0.3, 0.4) is 0 Å². The van der Waals surface area contributed by atoms with Gasteiger partial charge in [0, 0.05) is 0 Å². The van der Waals surface area contributed by atoms with Crippen molar-refractivity contribution in [3.63, 3.8) is 0 Å². The molecule has 0 bridgehead atoms. The number of carboxylic acids is 1. The van der Waals surface area contributed by atoms with E-state index in [2.05, 4.69) is 10.6 Å². The van der Waals surface area contributed by atoms with E-state index in [4.69, 9.17) is 5.11 Å². The first-order valence-corrected chi connectivity index (χ1v) is 8.19. The summed E-state index contributed by atoms with van der Waals surface area (Å²) < 4.78 is 0. The fraction of sp³-hybridized carbons (Fsp3) is 0.467. The molecule has 0 saturated heterocycles. The number of amides is 2. The molecule has 1 aromatic carbocycles. The zero-order chi connectivity index (χ0) is 15.8. The van der Waals surface area contributed by atoms with Gasteiger partial charge in [-0.25, -0.2) is 9.59 Å². The molecule has 1 unspecified atom stereocenters. The van der Waals surface area contributed by atoms with Crippen molar-refractivity contribution in [3.8, 4) is 0 Å². The Labute approximate surface area is 129 Å². The van der Waals surface area contributed by atoms with Crippen LogP contribution in [-0.2, 0) is 4.79 Å². The summed E-state index contributed by atoms with van der Waals surface area (Å²) in [5.74, 6) is -0.326. The molecule has 0 saturated carbocycles. The molecular formula is C15H22N2O3S. The highest BCUT2D eigenvalue weighted by atomic mass is 32.2. The fourth-order valence-electron chi connectivity index (χ4n) is 2.04. The van der Waals surface area contributed by atoms with E-state index in [1.54, 1.807) is 11.8 Å². The molecule has 0 aliphatic heterocycles. The summed E-state index contributed by atoms with van der Waals surface area (Å²) in [7, 11) is 0. The molecule has 0 aliphatic rings. The van der Waals surface area contributed by atoms with Crippen LogP contribution in [0.4, 0.5) is 4.79 Å². The minimum atomic E-state index is -1.01. The zero-order valence-corrected chi connectivity index (χ0v) is 13.4. The predicted molar refractivity (Wildman–Crippen MR) is 85.7 cm³/mol. The van der Waals surface area contributed by atoms with Crippen molar-refractivity contribution in [3.05, 3.63) is 35.4 Å². The molecular weight excluding hydrogens is 288 g/mol. The number of thioether (sulfide) groups is 1. The van der Waals surface area contributed by atoms with Gasteiger partial charge in [-0.15, -0.1) is 0 Å². The van der Waals surface area contributed by atoms with Gasteiger partial charge in [-0.1, -0.05) is 24.3 Å². The first kappa shape index (κ1) is 17.4. The van der Waals surface area contributed by atoms with Gasteiger partial charge in [-0.2, -0.15) is 11.8 Å². The normalized spacial score (nSPS) is 13.3. The number of urea groups is 1. The number of carbonyl (C=O) groups excluding carboxylic acids is 1. The lowest BCUT2D eigenvalue weighted by Crippen LogP contribution is -2.46. The number of aryl methyl sites for hydroxylation is 1. The minimum absolute atomic E-state index is 0.179. The third kappa shape index (κ3) is 5.67. The maximum absolute atomic E-state index is 11.9. The van der Waals surface area contributed by atoms with Crippen LogP contribution < -0.4 is 10.6 Å². The monoisotopic (exact) mass is 310 g/mol. The average Bonchev–Trinajstić information content (AvgIpc) is 2.43. The van der Waals surface area contributed by atoms with Gasteiger partial charge in [-0.3, -0.25) is 0 Å². The van der Waals surface area contributed by atoms with Crippen molar-refractivity contribution < 1.29 is 14.7 Å². The van der Waals surface area contributed by atoms with Crippen molar-refractivity contribution >= 4 is 23.8 Å². The zero-order valence-electron chi connectivity index (χ0n) is 12.6. The van der Waals surface area contributed by atoms with Crippen molar-refractivity contribution in [2.45, 2.75) is 32.4 Å². The Hall–Kier alpha value is -1.69. The van der Waals surface area contributed by atoms with Gasteiger partial charge in [0.05, 0.1) is 6.04 Å². The number of hydrogen-bond donors (Lipinski definition) is 3. The maximum Gasteiger partial charge on any atom is 0.326 e. The van der Waals surface area contributed by atoms with Crippen LogP contribution in [-0.4, -0.2) is 35.2 Å². The summed E-state index contributed by atoms with van der Waals surface area (Å²) in [5.41, 5.74) is 2.10. The van der Waals surface area contributed by atoms with E-state index in [0.29, 0.717) is 12.2 Å². The smallest absolute Gasteiger partial charge is 0.326 e. The molecule has 0 aromatic heterocycles. The second-order valence-corrected chi connectivity index (χ2v) is 5.85. The predicted octanol–water partition coefficient (Wildman–Crippen LogP) is 2.56. The Morgan fingerprint density at radius 1 is 1.29 bits per heavy atom. The average molecular weight is 310 g/mol. The molecule has 116 valence electrons. The van der Waals surface area contributed by atoms with Gasteiger partial charge in [0.25, 0.3) is 0 Å². The molecule has 0 radical (unpaired) electrons. The number of carbonyl (C=O) groups is 2. The number of benzene rings is 1. The maximum atomic E-state index is 11.9. The Bertz CT molecular complexity index is 494. The number of hydrogen-bond acceptors (Lipinski definition) is 3. The highest BCUT2D eigenvalue weighted by molar-refractivity contribution is 7.98. The third-order valence-corrected chi connectivity index (χ3v) is 3.86. The van der Waals surface area contributed by atoms with E-state index < -0.39 is 18.0 Å². The summed E-state index contributed by atoms with van der Waals surface area (Å²) in [6, 6.07) is 6.28. The van der Waals surface area contributed by atoms with Gasteiger partial charge < -0.3 is 15.7 Å². The summed E-state index contributed by atoms with van der Waals surface area (Å²) in [5, 5.41) is 14.4. The van der Waals surface area contributed by atoms with Crippen molar-refractivity contribution in [2.75, 3.05) is 12.0 Å². The molecule has 0 heterocycles. The van der Waals surface area contributed by atoms with Crippen LogP contribution in [0.2, 0.25) is 0 Å². The van der Waals surface area contributed by atoms with E-state index in [0.717, 1.165) is 11.1 Å². The number of aliphatic carboxylic acids is 1. The van der Waals surface area contributed by atoms with Crippen LogP contribution in [0.5, 0.6) is 0 Å². The number of nitrogens with one attached hydrogen (secondary N) is 2. The third-order valence-electron chi connectivity index (χ3n) is 3.22. The summed E-state index contributed by atoms with van der Waals surface area (Å²) in [6.45, 7) is 3.85. The first-order valence-electron chi connectivity index (χ1n) is 6.80. The van der Waals surface area contributed by atoms with E-state index in [1.165, 1.54) is 0 Å². The molecule has 1 rings (SSSR count). The Morgan fingerprint density at radius 3 is 2.52 bits per heavy atom. The summed E-state index contributed by atoms with van der Waals surface area (Å²) in [6.07, 6.45) is 2.31. The summed E-state index contributed by atoms with van der Waals surface area (Å²) >= 11 is 1.55. The minimum Gasteiger partial charge on any atom is -0.480 e. The molecule has 1 aromatic rings. The van der Waals surface area contributed by atoms with Gasteiger partial charge in [0.15, 0.2) is 0 Å². The van der Waals surface area contributed by atoms with Crippen molar-refractivity contribution in [2.24, 2.45) is 0 Å². The van der Waals surface area contributed by atoms with E-state index in [-0.39, 0.29) is 6.04 Å². The van der Waals surface area contributed by atoms with Gasteiger partial charge in [-0.05, 0) is 43.4 Å². The van der Waals surface area contributed by atoms with Crippen LogP contribution in [0.25, 0.3) is 0 Å². The van der Waals surface area contributed by atoms with Crippen molar-refractivity contribution in [1.82, 2.24) is 10.6 Å². The molecule has 6 heteroatoms. The van der Waals surface area contributed by atoms with Gasteiger partial charge in [0.1, 0.15) is 6.04 Å². The Morgan fingerprint density at radius 2 is 1.95 bits per heavy atom. The Kier molecular flexibility index (Phi) is 7.08. The van der Waals surface area contributed by atoms with Crippen LogP contribution in [0.15, 0.2) is 24.3 Å². The number of carboxylic acid groups (broad SMARTS) is 1. The second-order valence-electron chi connectivity index (χ2n) is 4.87. The van der Waals surface area contributed by atoms with Gasteiger partial charge in [0.2, 0.25) is 0 Å². The van der Waals surface area contributed by atoms with Crippen LogP contribution in [0, 0.1) is 6.92 Å². The lowest BCUT2D eigenvalue weighted by atomic mass is 10.0. The van der Waals surface area contributed by atoms with E-state index >= 15 is 0 Å². The molecule has 5 nitrogen and oxygen atoms in total. The topological polar surface area (TPSA) is 78.4 Å².